The molecule has 37 heavy (non-hydrogen) atoms. The molecule has 5 heteroatoms. The average molecular weight is 491 g/mol. The molecule has 2 atom stereocenters. The molecule has 0 bridgehead atoms. The summed E-state index contributed by atoms with van der Waals surface area (Å²) in [7, 11) is 3.27. The fourth-order valence-corrected chi connectivity index (χ4v) is 4.69. The van der Waals surface area contributed by atoms with Crippen molar-refractivity contribution in [2.24, 2.45) is 0 Å². The number of ether oxygens (including phenoxy) is 5. The predicted molar refractivity (Wildman–Crippen MR) is 145 cm³/mol. The molecule has 0 fully saturated rings. The van der Waals surface area contributed by atoms with E-state index in [1.807, 2.05) is 97.1 Å². The van der Waals surface area contributed by atoms with E-state index in [1.54, 1.807) is 14.2 Å². The van der Waals surface area contributed by atoms with Crippen LogP contribution in [0.15, 0.2) is 97.1 Å². The summed E-state index contributed by atoms with van der Waals surface area (Å²) in [6, 6.07) is 31.8. The molecule has 0 saturated carbocycles. The smallest absolute Gasteiger partial charge is 0.231 e. The highest BCUT2D eigenvalue weighted by Gasteiger charge is 2.34. The molecule has 2 unspecified atom stereocenters. The van der Waals surface area contributed by atoms with Crippen LogP contribution in [0.25, 0.3) is 23.3 Å². The SMILES string of the molecule is COc1cccc2c1OC(OC1Oc3c(cccc3OC)C=C1c1ccccc1)C(c1ccccc1)=C2. The Balaban J connectivity index is 1.44. The lowest BCUT2D eigenvalue weighted by molar-refractivity contribution is -0.132. The number of hydrogen-bond acceptors (Lipinski definition) is 5. The van der Waals surface area contributed by atoms with E-state index in [1.165, 1.54) is 0 Å². The molecule has 2 aliphatic heterocycles. The minimum atomic E-state index is -0.750. The van der Waals surface area contributed by atoms with Gasteiger partial charge in [-0.2, -0.15) is 0 Å². The number of hydrogen-bond donors (Lipinski definition) is 0. The van der Waals surface area contributed by atoms with Gasteiger partial charge in [-0.05, 0) is 35.4 Å². The zero-order chi connectivity index (χ0) is 25.2. The minimum Gasteiger partial charge on any atom is -0.493 e. The highest BCUT2D eigenvalue weighted by molar-refractivity contribution is 5.89. The second-order valence-corrected chi connectivity index (χ2v) is 8.72. The Morgan fingerprint density at radius 2 is 0.946 bits per heavy atom. The zero-order valence-electron chi connectivity index (χ0n) is 20.6. The fraction of sp³-hybridized carbons (Fsp3) is 0.125. The number of para-hydroxylation sites is 2. The lowest BCUT2D eigenvalue weighted by atomic mass is 9.98. The molecular formula is C32H26O5. The van der Waals surface area contributed by atoms with Gasteiger partial charge < -0.3 is 18.9 Å². The van der Waals surface area contributed by atoms with Crippen LogP contribution in [0.5, 0.6) is 23.0 Å². The van der Waals surface area contributed by atoms with Crippen molar-refractivity contribution in [2.75, 3.05) is 14.2 Å². The first kappa shape index (κ1) is 23.0. The van der Waals surface area contributed by atoms with E-state index in [0.717, 1.165) is 33.4 Å². The van der Waals surface area contributed by atoms with Crippen LogP contribution in [0.4, 0.5) is 0 Å². The van der Waals surface area contributed by atoms with Crippen molar-refractivity contribution >= 4 is 23.3 Å². The monoisotopic (exact) mass is 490 g/mol. The molecule has 0 aliphatic carbocycles. The number of fused-ring (bicyclic) bond motifs is 2. The molecule has 0 amide bonds. The van der Waals surface area contributed by atoms with Crippen LogP contribution in [0, 0.1) is 0 Å². The third-order valence-electron chi connectivity index (χ3n) is 6.50. The van der Waals surface area contributed by atoms with Gasteiger partial charge in [0.1, 0.15) is 0 Å². The van der Waals surface area contributed by atoms with Gasteiger partial charge in [0.25, 0.3) is 0 Å². The van der Waals surface area contributed by atoms with E-state index in [-0.39, 0.29) is 0 Å². The van der Waals surface area contributed by atoms with E-state index >= 15 is 0 Å². The maximum absolute atomic E-state index is 6.69. The molecule has 0 spiro atoms. The Morgan fingerprint density at radius 3 is 1.35 bits per heavy atom. The lowest BCUT2D eigenvalue weighted by Gasteiger charge is -2.34. The first-order valence-electron chi connectivity index (χ1n) is 12.1. The normalized spacial score (nSPS) is 17.8. The molecule has 2 aliphatic rings. The van der Waals surface area contributed by atoms with Crippen LogP contribution in [0.3, 0.4) is 0 Å². The van der Waals surface area contributed by atoms with Crippen molar-refractivity contribution in [1.82, 2.24) is 0 Å². The van der Waals surface area contributed by atoms with Crippen molar-refractivity contribution < 1.29 is 23.7 Å². The molecule has 0 saturated heterocycles. The van der Waals surface area contributed by atoms with Crippen molar-refractivity contribution in [1.29, 1.82) is 0 Å². The minimum absolute atomic E-state index is 0.633. The summed E-state index contributed by atoms with van der Waals surface area (Å²) in [5.74, 6) is 2.55. The molecule has 6 rings (SSSR count). The van der Waals surface area contributed by atoms with Crippen molar-refractivity contribution in [3.63, 3.8) is 0 Å². The summed E-state index contributed by atoms with van der Waals surface area (Å²) in [5.41, 5.74) is 5.63. The Kier molecular flexibility index (Phi) is 6.13. The lowest BCUT2D eigenvalue weighted by Crippen LogP contribution is -2.35. The van der Waals surface area contributed by atoms with Crippen LogP contribution in [0.2, 0.25) is 0 Å². The van der Waals surface area contributed by atoms with Gasteiger partial charge in [-0.25, -0.2) is 0 Å². The molecule has 5 nitrogen and oxygen atoms in total. The summed E-state index contributed by atoms with van der Waals surface area (Å²) in [4.78, 5) is 0. The zero-order valence-corrected chi connectivity index (χ0v) is 20.6. The number of rotatable bonds is 6. The first-order valence-corrected chi connectivity index (χ1v) is 12.1. The highest BCUT2D eigenvalue weighted by Crippen LogP contribution is 2.44. The third kappa shape index (κ3) is 4.34. The van der Waals surface area contributed by atoms with Crippen LogP contribution >= 0.6 is 0 Å². The van der Waals surface area contributed by atoms with Gasteiger partial charge in [-0.15, -0.1) is 0 Å². The van der Waals surface area contributed by atoms with Crippen LogP contribution in [-0.4, -0.2) is 26.8 Å². The third-order valence-corrected chi connectivity index (χ3v) is 6.50. The van der Waals surface area contributed by atoms with Gasteiger partial charge in [-0.1, -0.05) is 84.9 Å². The largest absolute Gasteiger partial charge is 0.493 e. The summed E-state index contributed by atoms with van der Waals surface area (Å²) < 4.78 is 30.9. The van der Waals surface area contributed by atoms with Gasteiger partial charge in [-0.3, -0.25) is 4.74 Å². The summed E-state index contributed by atoms with van der Waals surface area (Å²) in [5, 5.41) is 0. The second kappa shape index (κ2) is 9.88. The topological polar surface area (TPSA) is 46.2 Å². The van der Waals surface area contributed by atoms with Crippen LogP contribution in [-0.2, 0) is 4.74 Å². The summed E-state index contributed by atoms with van der Waals surface area (Å²) in [6.45, 7) is 0. The van der Waals surface area contributed by atoms with Gasteiger partial charge in [0.2, 0.25) is 12.6 Å². The van der Waals surface area contributed by atoms with Gasteiger partial charge in [0, 0.05) is 22.3 Å². The molecule has 2 heterocycles. The van der Waals surface area contributed by atoms with Crippen LogP contribution in [0.1, 0.15) is 22.3 Å². The molecule has 0 aromatic heterocycles. The average Bonchev–Trinajstić information content (AvgIpc) is 2.96. The maximum Gasteiger partial charge on any atom is 0.231 e. The van der Waals surface area contributed by atoms with Crippen molar-refractivity contribution in [2.45, 2.75) is 12.6 Å². The molecular weight excluding hydrogens is 464 g/mol. The number of benzene rings is 4. The highest BCUT2D eigenvalue weighted by atomic mass is 16.8. The fourth-order valence-electron chi connectivity index (χ4n) is 4.69. The van der Waals surface area contributed by atoms with Gasteiger partial charge >= 0.3 is 0 Å². The van der Waals surface area contributed by atoms with E-state index in [2.05, 4.69) is 12.2 Å². The Labute approximate surface area is 216 Å². The standard InChI is InChI=1S/C32H26O5/c1-33-27-17-9-15-23-19-25(21-11-5-3-6-12-21)31(35-29(23)27)37-32-26(22-13-7-4-8-14-22)20-24-16-10-18-28(34-2)30(24)36-32/h3-20,31-32H,1-2H3. The molecule has 4 aromatic carbocycles. The van der Waals surface area contributed by atoms with E-state index in [4.69, 9.17) is 23.7 Å². The van der Waals surface area contributed by atoms with E-state index in [0.29, 0.717) is 23.0 Å². The van der Waals surface area contributed by atoms with E-state index < -0.39 is 12.6 Å². The molecule has 184 valence electrons. The summed E-state index contributed by atoms with van der Waals surface area (Å²) in [6.07, 6.45) is 2.68. The molecule has 0 N–H and O–H groups in total. The molecule has 4 aromatic rings. The first-order chi connectivity index (χ1) is 18.2. The van der Waals surface area contributed by atoms with E-state index in [9.17, 15) is 0 Å². The Morgan fingerprint density at radius 1 is 0.514 bits per heavy atom. The van der Waals surface area contributed by atoms with Gasteiger partial charge in [0.05, 0.1) is 14.2 Å². The molecule has 0 radical (unpaired) electrons. The second-order valence-electron chi connectivity index (χ2n) is 8.72. The Hall–Kier alpha value is -4.48. The quantitative estimate of drug-likeness (QED) is 0.293. The number of methoxy groups -OCH3 is 2. The van der Waals surface area contributed by atoms with Crippen LogP contribution < -0.4 is 18.9 Å². The summed E-state index contributed by atoms with van der Waals surface area (Å²) >= 11 is 0. The van der Waals surface area contributed by atoms with Crippen molar-refractivity contribution in [3.05, 3.63) is 119 Å². The maximum atomic E-state index is 6.69. The van der Waals surface area contributed by atoms with Gasteiger partial charge in [0.15, 0.2) is 23.0 Å². The van der Waals surface area contributed by atoms with Crippen molar-refractivity contribution in [3.8, 4) is 23.0 Å². The Bertz CT molecular complexity index is 1360. The predicted octanol–water partition coefficient (Wildman–Crippen LogP) is 6.94.